The highest BCUT2D eigenvalue weighted by molar-refractivity contribution is 5.49. The first-order valence-electron chi connectivity index (χ1n) is 6.04. The molecule has 0 radical (unpaired) electrons. The van der Waals surface area contributed by atoms with Crippen LogP contribution >= 0.6 is 0 Å². The van der Waals surface area contributed by atoms with Crippen LogP contribution in [0.2, 0.25) is 0 Å². The zero-order valence-electron chi connectivity index (χ0n) is 11.5. The van der Waals surface area contributed by atoms with Crippen LogP contribution in [0.3, 0.4) is 0 Å². The van der Waals surface area contributed by atoms with Crippen LogP contribution in [-0.2, 0) is 12.4 Å². The molecular formula is C13H9F6N3O. The van der Waals surface area contributed by atoms with Crippen LogP contribution in [-0.4, -0.2) is 9.97 Å². The molecule has 4 nitrogen and oxygen atoms in total. The second-order valence-electron chi connectivity index (χ2n) is 4.54. The van der Waals surface area contributed by atoms with E-state index in [1.54, 1.807) is 6.92 Å². The fourth-order valence-corrected chi connectivity index (χ4v) is 1.58. The van der Waals surface area contributed by atoms with Gasteiger partial charge in [0.25, 0.3) is 0 Å². The summed E-state index contributed by atoms with van der Waals surface area (Å²) in [4.78, 5) is 5.95. The number of ether oxygens (including phenoxy) is 1. The fourth-order valence-electron chi connectivity index (χ4n) is 1.58. The third-order valence-electron chi connectivity index (χ3n) is 2.74. The number of nitrogens with zero attached hydrogens (tertiary/aromatic N) is 2. The van der Waals surface area contributed by atoms with Gasteiger partial charge < -0.3 is 10.5 Å². The van der Waals surface area contributed by atoms with Crippen molar-refractivity contribution in [2.75, 3.05) is 5.73 Å². The molecule has 0 saturated heterocycles. The lowest BCUT2D eigenvalue weighted by Crippen LogP contribution is -2.15. The fraction of sp³-hybridized carbons (Fsp3) is 0.231. The molecule has 0 aliphatic carbocycles. The van der Waals surface area contributed by atoms with Crippen molar-refractivity contribution in [1.29, 1.82) is 0 Å². The Morgan fingerprint density at radius 2 is 1.43 bits per heavy atom. The van der Waals surface area contributed by atoms with Gasteiger partial charge in [0.15, 0.2) is 11.4 Å². The van der Waals surface area contributed by atoms with Crippen molar-refractivity contribution in [2.45, 2.75) is 19.3 Å². The molecule has 0 fully saturated rings. The Labute approximate surface area is 125 Å². The van der Waals surface area contributed by atoms with Gasteiger partial charge in [-0.3, -0.25) is 0 Å². The second-order valence-corrected chi connectivity index (χ2v) is 4.54. The van der Waals surface area contributed by atoms with Crippen LogP contribution < -0.4 is 10.5 Å². The average molecular weight is 337 g/mol. The van der Waals surface area contributed by atoms with E-state index >= 15 is 0 Å². The topological polar surface area (TPSA) is 61.0 Å². The zero-order chi connectivity index (χ0) is 17.4. The molecule has 0 saturated carbocycles. The first kappa shape index (κ1) is 16.8. The Bertz CT molecular complexity index is 694. The lowest BCUT2D eigenvalue weighted by molar-refractivity contribution is -0.148. The first-order valence-corrected chi connectivity index (χ1v) is 6.04. The van der Waals surface area contributed by atoms with E-state index in [0.29, 0.717) is 11.3 Å². The van der Waals surface area contributed by atoms with Gasteiger partial charge in [0, 0.05) is 11.8 Å². The number of nitrogen functional groups attached to an aromatic ring is 1. The summed E-state index contributed by atoms with van der Waals surface area (Å²) in [5.74, 6) is -0.0378. The van der Waals surface area contributed by atoms with Crippen LogP contribution in [0.25, 0.3) is 0 Å². The van der Waals surface area contributed by atoms with E-state index in [-0.39, 0.29) is 11.8 Å². The summed E-state index contributed by atoms with van der Waals surface area (Å²) in [5.41, 5.74) is 2.98. The number of benzene rings is 1. The molecule has 0 amide bonds. The van der Waals surface area contributed by atoms with E-state index in [2.05, 4.69) is 9.97 Å². The van der Waals surface area contributed by atoms with Gasteiger partial charge in [-0.2, -0.15) is 36.3 Å². The highest BCUT2D eigenvalue weighted by atomic mass is 19.4. The minimum Gasteiger partial charge on any atom is -0.424 e. The largest absolute Gasteiger partial charge is 0.433 e. The molecular weight excluding hydrogens is 328 g/mol. The molecule has 0 spiro atoms. The summed E-state index contributed by atoms with van der Waals surface area (Å²) in [6.45, 7) is 1.59. The highest BCUT2D eigenvalue weighted by Crippen LogP contribution is 2.35. The van der Waals surface area contributed by atoms with Gasteiger partial charge in [-0.15, -0.1) is 0 Å². The minimum absolute atomic E-state index is 0.0378. The Morgan fingerprint density at radius 1 is 0.913 bits per heavy atom. The molecule has 0 atom stereocenters. The normalized spacial score (nSPS) is 12.3. The number of aromatic nitrogens is 2. The van der Waals surface area contributed by atoms with Crippen LogP contribution in [0, 0.1) is 6.92 Å². The molecule has 10 heteroatoms. The number of hydrogen-bond acceptors (Lipinski definition) is 4. The average Bonchev–Trinajstić information content (AvgIpc) is 2.41. The Balaban J connectivity index is 2.46. The Kier molecular flexibility index (Phi) is 4.10. The number of anilines is 1. The number of halogens is 6. The van der Waals surface area contributed by atoms with Crippen LogP contribution in [0.4, 0.5) is 32.0 Å². The molecule has 2 N–H and O–H groups in total. The maximum Gasteiger partial charge on any atom is 0.433 e. The van der Waals surface area contributed by atoms with E-state index in [1.165, 1.54) is 18.2 Å². The van der Waals surface area contributed by atoms with Crippen LogP contribution in [0.1, 0.15) is 17.0 Å². The molecule has 0 unspecified atom stereocenters. The van der Waals surface area contributed by atoms with Gasteiger partial charge in [0.05, 0.1) is 0 Å². The predicted octanol–water partition coefficient (Wildman–Crippen LogP) is 4.20. The summed E-state index contributed by atoms with van der Waals surface area (Å²) >= 11 is 0. The monoisotopic (exact) mass is 337 g/mol. The standard InChI is InChI=1S/C13H9F6N3O/c1-6-4-7(2-3-8(6)20)23-11-21-9(12(14,15)16)5-10(22-11)13(17,18)19/h2-5H,20H2,1H3. The summed E-state index contributed by atoms with van der Waals surface area (Å²) < 4.78 is 80.9. The number of alkyl halides is 6. The molecule has 0 aliphatic rings. The van der Waals surface area contributed by atoms with Crippen molar-refractivity contribution in [1.82, 2.24) is 9.97 Å². The third-order valence-corrected chi connectivity index (χ3v) is 2.74. The second kappa shape index (κ2) is 5.60. The van der Waals surface area contributed by atoms with Gasteiger partial charge in [0.1, 0.15) is 5.75 Å². The van der Waals surface area contributed by atoms with Crippen LogP contribution in [0.5, 0.6) is 11.8 Å². The van der Waals surface area contributed by atoms with E-state index in [0.717, 1.165) is 0 Å². The van der Waals surface area contributed by atoms with Crippen molar-refractivity contribution in [2.24, 2.45) is 0 Å². The molecule has 2 rings (SSSR count). The van der Waals surface area contributed by atoms with Gasteiger partial charge in [-0.25, -0.2) is 0 Å². The molecule has 1 aromatic heterocycles. The van der Waals surface area contributed by atoms with Crippen molar-refractivity contribution in [3.8, 4) is 11.8 Å². The number of nitrogens with two attached hydrogens (primary N) is 1. The molecule has 1 aromatic carbocycles. The van der Waals surface area contributed by atoms with Gasteiger partial charge in [-0.1, -0.05) is 0 Å². The molecule has 124 valence electrons. The Hall–Kier alpha value is -2.52. The van der Waals surface area contributed by atoms with Crippen LogP contribution in [0.15, 0.2) is 24.3 Å². The van der Waals surface area contributed by atoms with Crippen molar-refractivity contribution in [3.05, 3.63) is 41.2 Å². The predicted molar refractivity (Wildman–Crippen MR) is 67.7 cm³/mol. The van der Waals surface area contributed by atoms with E-state index < -0.39 is 29.8 Å². The van der Waals surface area contributed by atoms with E-state index in [4.69, 9.17) is 10.5 Å². The van der Waals surface area contributed by atoms with Gasteiger partial charge in [0.2, 0.25) is 0 Å². The lowest BCUT2D eigenvalue weighted by Gasteiger charge is -2.12. The summed E-state index contributed by atoms with van der Waals surface area (Å²) in [6.07, 6.45) is -10.1. The highest BCUT2D eigenvalue weighted by Gasteiger charge is 2.39. The van der Waals surface area contributed by atoms with E-state index in [1.807, 2.05) is 0 Å². The SMILES string of the molecule is Cc1cc(Oc2nc(C(F)(F)F)cc(C(F)(F)F)n2)ccc1N. The van der Waals surface area contributed by atoms with Gasteiger partial charge >= 0.3 is 18.4 Å². The smallest absolute Gasteiger partial charge is 0.424 e. The molecule has 1 heterocycles. The quantitative estimate of drug-likeness (QED) is 0.659. The van der Waals surface area contributed by atoms with Gasteiger partial charge in [-0.05, 0) is 30.7 Å². The minimum atomic E-state index is -5.07. The number of hydrogen-bond donors (Lipinski definition) is 1. The zero-order valence-corrected chi connectivity index (χ0v) is 11.5. The molecule has 0 aliphatic heterocycles. The summed E-state index contributed by atoms with van der Waals surface area (Å²) in [5, 5.41) is 0. The first-order chi connectivity index (χ1) is 10.5. The molecule has 2 aromatic rings. The Morgan fingerprint density at radius 3 is 1.87 bits per heavy atom. The van der Waals surface area contributed by atoms with Crippen molar-refractivity contribution in [3.63, 3.8) is 0 Å². The summed E-state index contributed by atoms with van der Waals surface area (Å²) in [7, 11) is 0. The van der Waals surface area contributed by atoms with Crippen molar-refractivity contribution >= 4 is 5.69 Å². The summed E-state index contributed by atoms with van der Waals surface area (Å²) in [6, 6.07) is 2.77. The maximum atomic E-state index is 12.7. The third kappa shape index (κ3) is 4.02. The number of rotatable bonds is 2. The number of aryl methyl sites for hydroxylation is 1. The molecule has 0 bridgehead atoms. The van der Waals surface area contributed by atoms with Crippen molar-refractivity contribution < 1.29 is 31.1 Å². The molecule has 23 heavy (non-hydrogen) atoms. The lowest BCUT2D eigenvalue weighted by atomic mass is 10.2. The van der Waals surface area contributed by atoms with E-state index in [9.17, 15) is 26.3 Å². The maximum absolute atomic E-state index is 12.7.